The largest absolute Gasteiger partial charge is 0.497 e. The first kappa shape index (κ1) is 27.5. The smallest absolute Gasteiger partial charge is 0.336 e. The first-order valence-corrected chi connectivity index (χ1v) is 12.2. The van der Waals surface area contributed by atoms with Crippen molar-refractivity contribution in [1.29, 1.82) is 0 Å². The Morgan fingerprint density at radius 1 is 1.24 bits per heavy atom. The van der Waals surface area contributed by atoms with Crippen LogP contribution >= 0.6 is 11.6 Å². The van der Waals surface area contributed by atoms with Crippen LogP contribution in [-0.2, 0) is 14.3 Å². The minimum Gasteiger partial charge on any atom is -0.497 e. The van der Waals surface area contributed by atoms with Crippen LogP contribution in [0.2, 0.25) is 0 Å². The topological polar surface area (TPSA) is 64.6 Å². The molecule has 6 heteroatoms. The highest BCUT2D eigenvalue weighted by atomic mass is 35.5. The minimum absolute atomic E-state index is 0.0132. The molecular formula is C28H36ClNO4. The van der Waals surface area contributed by atoms with Crippen molar-refractivity contribution in [2.24, 2.45) is 5.92 Å². The molecule has 1 aliphatic heterocycles. The maximum atomic E-state index is 13.0. The maximum absolute atomic E-state index is 13.0. The molecule has 1 atom stereocenters. The number of benzene rings is 1. The number of hydrogen-bond acceptors (Lipinski definition) is 5. The number of halogens is 1. The van der Waals surface area contributed by atoms with Crippen LogP contribution in [0.25, 0.3) is 6.08 Å². The molecule has 0 spiro atoms. The SMILES string of the molecule is C=C(Cl)/C(=C\c1cc(OC)ccc1C)C1C(C(=O)OCC)=C(C)NC2=C1C(=O)CCC2.CCC. The Labute approximate surface area is 208 Å². The number of carbonyl (C=O) groups is 2. The molecule has 0 bridgehead atoms. The van der Waals surface area contributed by atoms with Gasteiger partial charge in [-0.1, -0.05) is 44.5 Å². The summed E-state index contributed by atoms with van der Waals surface area (Å²) in [6.07, 6.45) is 5.09. The molecule has 1 aromatic carbocycles. The fraction of sp³-hybridized carbons (Fsp3) is 0.429. The van der Waals surface area contributed by atoms with Crippen LogP contribution in [0.15, 0.2) is 57.9 Å². The van der Waals surface area contributed by atoms with Gasteiger partial charge in [0.2, 0.25) is 0 Å². The van der Waals surface area contributed by atoms with Gasteiger partial charge in [-0.2, -0.15) is 0 Å². The highest BCUT2D eigenvalue weighted by molar-refractivity contribution is 6.32. The number of carbonyl (C=O) groups excluding carboxylic acids is 2. The van der Waals surface area contributed by atoms with Crippen molar-refractivity contribution in [2.75, 3.05) is 13.7 Å². The summed E-state index contributed by atoms with van der Waals surface area (Å²) in [4.78, 5) is 26.0. The summed E-state index contributed by atoms with van der Waals surface area (Å²) in [6, 6.07) is 5.73. The molecule has 1 aliphatic carbocycles. The lowest BCUT2D eigenvalue weighted by molar-refractivity contribution is -0.139. The van der Waals surface area contributed by atoms with Crippen LogP contribution in [0.5, 0.6) is 5.75 Å². The molecule has 0 amide bonds. The van der Waals surface area contributed by atoms with Gasteiger partial charge in [0.15, 0.2) is 5.78 Å². The molecular weight excluding hydrogens is 450 g/mol. The lowest BCUT2D eigenvalue weighted by atomic mass is 9.74. The van der Waals surface area contributed by atoms with E-state index in [4.69, 9.17) is 21.1 Å². The molecule has 1 heterocycles. The van der Waals surface area contributed by atoms with E-state index in [-0.39, 0.29) is 17.4 Å². The van der Waals surface area contributed by atoms with E-state index in [2.05, 4.69) is 25.7 Å². The number of dihydropyridines is 1. The first-order valence-electron chi connectivity index (χ1n) is 11.8. The fourth-order valence-corrected chi connectivity index (χ4v) is 4.32. The van der Waals surface area contributed by atoms with Crippen molar-refractivity contribution in [3.05, 3.63) is 69.1 Å². The molecule has 5 nitrogen and oxygen atoms in total. The number of hydrogen-bond donors (Lipinski definition) is 1. The first-order chi connectivity index (χ1) is 16.2. The maximum Gasteiger partial charge on any atom is 0.336 e. The third-order valence-electron chi connectivity index (χ3n) is 5.69. The molecule has 1 unspecified atom stereocenters. The molecule has 34 heavy (non-hydrogen) atoms. The number of nitrogens with one attached hydrogen (secondary N) is 1. The summed E-state index contributed by atoms with van der Waals surface area (Å²) in [5.41, 5.74) is 4.97. The zero-order valence-electron chi connectivity index (χ0n) is 21.1. The second-order valence-corrected chi connectivity index (χ2v) is 8.88. The van der Waals surface area contributed by atoms with E-state index in [0.717, 1.165) is 29.7 Å². The number of ketones is 1. The Balaban J connectivity index is 0.00000129. The predicted octanol–water partition coefficient (Wildman–Crippen LogP) is 6.62. The number of ether oxygens (including phenoxy) is 2. The van der Waals surface area contributed by atoms with Gasteiger partial charge >= 0.3 is 5.97 Å². The Kier molecular flexibility index (Phi) is 10.2. The summed E-state index contributed by atoms with van der Waals surface area (Å²) in [5, 5.41) is 3.55. The van der Waals surface area contributed by atoms with E-state index in [1.54, 1.807) is 14.0 Å². The molecule has 0 radical (unpaired) electrons. The fourth-order valence-electron chi connectivity index (χ4n) is 4.16. The Morgan fingerprint density at radius 2 is 1.91 bits per heavy atom. The van der Waals surface area contributed by atoms with Crippen molar-refractivity contribution in [2.45, 2.75) is 60.3 Å². The normalized spacial score (nSPS) is 17.9. The second kappa shape index (κ2) is 12.6. The Bertz CT molecular complexity index is 1050. The third-order valence-corrected chi connectivity index (χ3v) is 5.91. The van der Waals surface area contributed by atoms with Crippen LogP contribution < -0.4 is 10.1 Å². The standard InChI is InChI=1S/C25H28ClNO4.C3H8/c1-6-31-25(29)22-16(4)27-20-8-7-9-21(28)24(20)23(22)19(15(3)26)13-17-12-18(30-5)11-10-14(17)2;1-3-2/h10-13,23,27H,3,6-9H2,1-2,4-5H3;3H2,1-2H3/b19-13+;. The van der Waals surface area contributed by atoms with Gasteiger partial charge in [0.05, 0.1) is 19.3 Å². The zero-order chi connectivity index (χ0) is 25.4. The average Bonchev–Trinajstić information content (AvgIpc) is 2.78. The van der Waals surface area contributed by atoms with E-state index in [9.17, 15) is 9.59 Å². The Hall–Kier alpha value is -2.79. The van der Waals surface area contributed by atoms with Crippen LogP contribution in [0, 0.1) is 12.8 Å². The van der Waals surface area contributed by atoms with E-state index < -0.39 is 11.9 Å². The lowest BCUT2D eigenvalue weighted by Crippen LogP contribution is -2.36. The summed E-state index contributed by atoms with van der Waals surface area (Å²) < 4.78 is 10.7. The van der Waals surface area contributed by atoms with Crippen molar-refractivity contribution in [3.63, 3.8) is 0 Å². The van der Waals surface area contributed by atoms with Crippen molar-refractivity contribution in [1.82, 2.24) is 5.32 Å². The van der Waals surface area contributed by atoms with E-state index in [0.29, 0.717) is 34.6 Å². The molecule has 1 N–H and O–H groups in total. The van der Waals surface area contributed by atoms with Gasteiger partial charge in [-0.3, -0.25) is 4.79 Å². The summed E-state index contributed by atoms with van der Waals surface area (Å²) in [7, 11) is 1.61. The van der Waals surface area contributed by atoms with E-state index in [1.807, 2.05) is 38.1 Å². The number of aryl methyl sites for hydroxylation is 1. The van der Waals surface area contributed by atoms with Crippen molar-refractivity contribution in [3.8, 4) is 5.75 Å². The van der Waals surface area contributed by atoms with Gasteiger partial charge in [-0.15, -0.1) is 0 Å². The predicted molar refractivity (Wildman–Crippen MR) is 139 cm³/mol. The van der Waals surface area contributed by atoms with Crippen LogP contribution in [0.4, 0.5) is 0 Å². The van der Waals surface area contributed by atoms with Gasteiger partial charge in [0, 0.05) is 34.3 Å². The number of esters is 1. The minimum atomic E-state index is -0.640. The van der Waals surface area contributed by atoms with Crippen LogP contribution in [0.3, 0.4) is 0 Å². The zero-order valence-corrected chi connectivity index (χ0v) is 21.9. The molecule has 1 aromatic rings. The molecule has 2 aliphatic rings. The lowest BCUT2D eigenvalue weighted by Gasteiger charge is -2.35. The molecule has 3 rings (SSSR count). The second-order valence-electron chi connectivity index (χ2n) is 8.42. The number of allylic oxidation sites excluding steroid dienone is 5. The molecule has 184 valence electrons. The highest BCUT2D eigenvalue weighted by Crippen LogP contribution is 2.43. The Morgan fingerprint density at radius 3 is 2.50 bits per heavy atom. The average molecular weight is 486 g/mol. The van der Waals surface area contributed by atoms with Gasteiger partial charge in [-0.05, 0) is 68.5 Å². The van der Waals surface area contributed by atoms with Crippen molar-refractivity contribution >= 4 is 29.4 Å². The molecule has 0 aromatic heterocycles. The summed E-state index contributed by atoms with van der Waals surface area (Å²) in [5.74, 6) is -0.390. The molecule has 0 saturated carbocycles. The highest BCUT2D eigenvalue weighted by Gasteiger charge is 2.40. The summed E-state index contributed by atoms with van der Waals surface area (Å²) >= 11 is 6.50. The number of rotatable bonds is 6. The quantitative estimate of drug-likeness (QED) is 0.362. The number of methoxy groups -OCH3 is 1. The molecule has 0 saturated heterocycles. The van der Waals surface area contributed by atoms with E-state index >= 15 is 0 Å². The van der Waals surface area contributed by atoms with Gasteiger partial charge in [0.25, 0.3) is 0 Å². The van der Waals surface area contributed by atoms with Gasteiger partial charge in [-0.25, -0.2) is 4.79 Å². The van der Waals surface area contributed by atoms with Crippen LogP contribution in [0.1, 0.15) is 64.5 Å². The third kappa shape index (κ3) is 6.20. The van der Waals surface area contributed by atoms with Gasteiger partial charge in [0.1, 0.15) is 5.75 Å². The van der Waals surface area contributed by atoms with E-state index in [1.165, 1.54) is 6.42 Å². The summed E-state index contributed by atoms with van der Waals surface area (Å²) in [6.45, 7) is 14.0. The number of Topliss-reactive ketones (excluding diaryl/α,β-unsaturated/α-hetero) is 1. The van der Waals surface area contributed by atoms with Crippen molar-refractivity contribution < 1.29 is 19.1 Å². The van der Waals surface area contributed by atoms with Crippen LogP contribution in [-0.4, -0.2) is 25.5 Å². The van der Waals surface area contributed by atoms with Gasteiger partial charge < -0.3 is 14.8 Å². The molecule has 0 fully saturated rings. The monoisotopic (exact) mass is 485 g/mol.